The van der Waals surface area contributed by atoms with Crippen LogP contribution in [0.2, 0.25) is 0 Å². The van der Waals surface area contributed by atoms with Crippen molar-refractivity contribution in [2.45, 2.75) is 0 Å². The van der Waals surface area contributed by atoms with E-state index in [1.165, 1.54) is 10.8 Å². The first-order valence-corrected chi connectivity index (χ1v) is 9.79. The number of methoxy groups -OCH3 is 2. The van der Waals surface area contributed by atoms with Gasteiger partial charge in [-0.2, -0.15) is 0 Å². The van der Waals surface area contributed by atoms with Gasteiger partial charge in [0.05, 0.1) is 35.0 Å². The highest BCUT2D eigenvalue weighted by molar-refractivity contribution is 7.15. The fraction of sp³-hybridized carbons (Fsp3) is 0.143. The third-order valence-corrected chi connectivity index (χ3v) is 5.33. The number of nitrogens with zero attached hydrogens (tertiary/aromatic N) is 1. The Bertz CT molecular complexity index is 1500. The van der Waals surface area contributed by atoms with E-state index in [0.29, 0.717) is 0 Å². The van der Waals surface area contributed by atoms with Crippen molar-refractivity contribution in [3.8, 4) is 16.9 Å². The van der Waals surface area contributed by atoms with E-state index in [9.17, 15) is 31.9 Å². The van der Waals surface area contributed by atoms with Gasteiger partial charge < -0.3 is 14.8 Å². The Morgan fingerprint density at radius 1 is 1.03 bits per heavy atom. The Balaban J connectivity index is 2.03. The van der Waals surface area contributed by atoms with Gasteiger partial charge in [0, 0.05) is 0 Å². The number of hydrogen-bond acceptors (Lipinski definition) is 8. The molecule has 0 saturated carbocycles. The second-order valence-electron chi connectivity index (χ2n) is 6.31. The van der Waals surface area contributed by atoms with Crippen LogP contribution in [-0.4, -0.2) is 44.0 Å². The van der Waals surface area contributed by atoms with Crippen molar-refractivity contribution in [3.63, 3.8) is 0 Å². The van der Waals surface area contributed by atoms with Gasteiger partial charge in [0.1, 0.15) is 16.3 Å². The minimum atomic E-state index is -3.13. The van der Waals surface area contributed by atoms with Gasteiger partial charge in [0.25, 0.3) is 11.8 Å². The maximum absolute atomic E-state index is 15.0. The Labute approximate surface area is 207 Å². The van der Waals surface area contributed by atoms with Crippen LogP contribution in [0.3, 0.4) is 0 Å². The molecular weight excluding hydrogens is 498 g/mol. The van der Waals surface area contributed by atoms with Gasteiger partial charge >= 0.3 is 5.97 Å². The quantitative estimate of drug-likeness (QED) is 0.212. The molecule has 0 radical (unpaired) electrons. The number of ether oxygens (including phenoxy) is 2. The number of rotatable bonds is 7. The highest BCUT2D eigenvalue weighted by Crippen LogP contribution is 2.36. The lowest BCUT2D eigenvalue weighted by atomic mass is 10.0. The van der Waals surface area contributed by atoms with Crippen molar-refractivity contribution in [3.05, 3.63) is 63.1 Å². The molecule has 0 atom stereocenters. The van der Waals surface area contributed by atoms with Crippen molar-refractivity contribution in [1.29, 1.82) is 0 Å². The summed E-state index contributed by atoms with van der Waals surface area (Å²) in [6, 6.07) is 4.02. The van der Waals surface area contributed by atoms with E-state index in [4.69, 9.17) is 8.22 Å². The highest BCUT2D eigenvalue weighted by atomic mass is 32.1. The predicted octanol–water partition coefficient (Wildman–Crippen LogP) is 3.71. The molecular formula is C21H15F4N3O6S. The normalized spacial score (nSPS) is 13.9. The molecule has 9 nitrogen and oxygen atoms in total. The lowest BCUT2D eigenvalue weighted by Gasteiger charge is -2.13. The Kier molecular flexibility index (Phi) is 5.48. The number of aromatic nitrogens is 1. The molecule has 184 valence electrons. The molecule has 0 fully saturated rings. The molecule has 0 aliphatic rings. The molecule has 3 rings (SSSR count). The second kappa shape index (κ2) is 10.5. The maximum atomic E-state index is 15.0. The first-order chi connectivity index (χ1) is 18.9. The smallest absolute Gasteiger partial charge is 0.367 e. The van der Waals surface area contributed by atoms with Gasteiger partial charge in [-0.3, -0.25) is 14.4 Å². The minimum absolute atomic E-state index is 0.200. The minimum Gasteiger partial charge on any atom is -0.497 e. The van der Waals surface area contributed by atoms with Crippen LogP contribution in [0.15, 0.2) is 24.3 Å². The Hall–Kier alpha value is -4.04. The Morgan fingerprint density at radius 2 is 1.74 bits per heavy atom. The van der Waals surface area contributed by atoms with Crippen molar-refractivity contribution in [1.82, 2.24) is 10.5 Å². The number of anilines is 1. The van der Waals surface area contributed by atoms with E-state index in [1.807, 2.05) is 0 Å². The van der Waals surface area contributed by atoms with E-state index in [-0.39, 0.29) is 11.3 Å². The van der Waals surface area contributed by atoms with Gasteiger partial charge in [-0.15, -0.1) is 11.3 Å². The number of nitrogens with one attached hydrogen (secondary N) is 2. The number of esters is 1. The average Bonchev–Trinajstić information content (AvgIpc) is 3.33. The van der Waals surface area contributed by atoms with Gasteiger partial charge in [-0.1, -0.05) is 12.1 Å². The fourth-order valence-corrected chi connectivity index (χ4v) is 3.64. The molecule has 1 aromatic heterocycles. The SMILES string of the molecule is [2H]C([2H])([2H])ONC(=O)c1sc(C(=O)OC)nc1C(=O)Nc1c(F)c(F)c(-c2cccc(OC([2H])([2H])[2H])c2)c(F)c1F. The molecule has 14 heteroatoms. The first kappa shape index (κ1) is 18.3. The van der Waals surface area contributed by atoms with Crippen LogP contribution in [0, 0.1) is 23.3 Å². The summed E-state index contributed by atoms with van der Waals surface area (Å²) in [5, 5.41) is 0.893. The summed E-state index contributed by atoms with van der Waals surface area (Å²) in [7, 11) is -5.16. The molecule has 2 amide bonds. The molecule has 0 unspecified atom stereocenters. The second-order valence-corrected chi connectivity index (χ2v) is 7.31. The maximum Gasteiger partial charge on any atom is 0.367 e. The van der Waals surface area contributed by atoms with E-state index < -0.39 is 93.3 Å². The summed E-state index contributed by atoms with van der Waals surface area (Å²) in [6.07, 6.45) is 0. The number of carbonyl (C=O) groups is 3. The number of carbonyl (C=O) groups excluding carboxylic acids is 3. The van der Waals surface area contributed by atoms with Gasteiger partial charge in [-0.25, -0.2) is 32.8 Å². The van der Waals surface area contributed by atoms with E-state index in [0.717, 1.165) is 31.4 Å². The molecule has 2 N–H and O–H groups in total. The molecule has 0 bridgehead atoms. The number of hydroxylamine groups is 1. The van der Waals surface area contributed by atoms with E-state index in [2.05, 4.69) is 19.3 Å². The lowest BCUT2D eigenvalue weighted by Crippen LogP contribution is -2.25. The summed E-state index contributed by atoms with van der Waals surface area (Å²) >= 11 is 0.200. The number of amides is 2. The van der Waals surface area contributed by atoms with Crippen LogP contribution < -0.4 is 15.5 Å². The fourth-order valence-electron chi connectivity index (χ4n) is 2.78. The largest absolute Gasteiger partial charge is 0.497 e. The van der Waals surface area contributed by atoms with Crippen LogP contribution >= 0.6 is 11.3 Å². The van der Waals surface area contributed by atoms with Crippen molar-refractivity contribution in [2.75, 3.05) is 26.5 Å². The van der Waals surface area contributed by atoms with Crippen LogP contribution in [0.1, 0.15) is 38.2 Å². The Morgan fingerprint density at radius 3 is 2.37 bits per heavy atom. The lowest BCUT2D eigenvalue weighted by molar-refractivity contribution is 0.0539. The number of benzene rings is 2. The van der Waals surface area contributed by atoms with Crippen molar-refractivity contribution >= 4 is 34.8 Å². The van der Waals surface area contributed by atoms with E-state index in [1.54, 1.807) is 0 Å². The highest BCUT2D eigenvalue weighted by Gasteiger charge is 2.31. The van der Waals surface area contributed by atoms with Crippen LogP contribution in [0.5, 0.6) is 5.75 Å². The molecule has 0 aliphatic heterocycles. The summed E-state index contributed by atoms with van der Waals surface area (Å²) in [4.78, 5) is 43.9. The molecule has 0 saturated heterocycles. The zero-order chi connectivity index (χ0) is 30.9. The first-order valence-electron chi connectivity index (χ1n) is 12.0. The number of hydrogen-bond donors (Lipinski definition) is 2. The molecule has 3 aromatic rings. The summed E-state index contributed by atoms with van der Waals surface area (Å²) in [6.45, 7) is 0. The zero-order valence-corrected chi connectivity index (χ0v) is 17.9. The molecule has 0 spiro atoms. The summed E-state index contributed by atoms with van der Waals surface area (Å²) in [5.74, 6) is -12.8. The van der Waals surface area contributed by atoms with Gasteiger partial charge in [-0.05, 0) is 17.7 Å². The monoisotopic (exact) mass is 519 g/mol. The molecule has 2 aromatic carbocycles. The van der Waals surface area contributed by atoms with Crippen molar-refractivity contribution < 1.29 is 54.5 Å². The van der Waals surface area contributed by atoms with Gasteiger partial charge in [0.2, 0.25) is 5.01 Å². The van der Waals surface area contributed by atoms with Crippen LogP contribution in [-0.2, 0) is 9.57 Å². The van der Waals surface area contributed by atoms with E-state index >= 15 is 0 Å². The molecule has 0 aliphatic carbocycles. The van der Waals surface area contributed by atoms with Crippen LogP contribution in [0.25, 0.3) is 11.1 Å². The number of thiazole rings is 1. The standard InChI is InChI=1S/C21H15F4N3O6S/c1-32-9-6-4-5-8(7-9)10-11(22)13(24)15(14(25)12(10)23)26-18(29)16-17(19(30)28-34-3)35-20(27-16)21(31)33-2/h4-7H,1-3H3,(H,26,29)(H,28,30)/i1D3,3D3. The molecule has 1 heterocycles. The average molecular weight is 519 g/mol. The molecule has 35 heavy (non-hydrogen) atoms. The van der Waals surface area contributed by atoms with Gasteiger partial charge in [0.15, 0.2) is 29.0 Å². The van der Waals surface area contributed by atoms with Crippen LogP contribution in [0.4, 0.5) is 23.2 Å². The van der Waals surface area contributed by atoms with Crippen molar-refractivity contribution in [2.24, 2.45) is 0 Å². The topological polar surface area (TPSA) is 116 Å². The third-order valence-electron chi connectivity index (χ3n) is 4.29. The zero-order valence-electron chi connectivity index (χ0n) is 23.1. The number of halogens is 4. The predicted molar refractivity (Wildman–Crippen MR) is 114 cm³/mol. The summed E-state index contributed by atoms with van der Waals surface area (Å²) < 4.78 is 111. The third kappa shape index (κ3) is 4.93. The summed E-state index contributed by atoms with van der Waals surface area (Å²) in [5.41, 5.74) is -2.98.